The Morgan fingerprint density at radius 2 is 1.97 bits per heavy atom. The molecule has 1 atom stereocenters. The van der Waals surface area contributed by atoms with E-state index in [1.807, 2.05) is 41.1 Å². The number of morpholine rings is 1. The number of aromatic nitrogens is 1. The first-order valence-electron chi connectivity index (χ1n) is 9.85. The molecule has 1 aromatic carbocycles. The third-order valence-electron chi connectivity index (χ3n) is 4.67. The maximum atomic E-state index is 12.9. The Labute approximate surface area is 179 Å². The number of fused-ring (bicyclic) bond motifs is 1. The minimum atomic E-state index is -0.730. The largest absolute Gasteiger partial charge is 0.444 e. The zero-order valence-electron chi connectivity index (χ0n) is 17.3. The third-order valence-corrected chi connectivity index (χ3v) is 5.77. The van der Waals surface area contributed by atoms with Gasteiger partial charge in [-0.05, 0) is 32.4 Å². The van der Waals surface area contributed by atoms with E-state index >= 15 is 0 Å². The number of nitrogens with one attached hydrogen (secondary N) is 1. The molecule has 1 N–H and O–H groups in total. The maximum Gasteiger partial charge on any atom is 0.411 e. The number of benzene rings is 1. The number of carbonyl (C=O) groups is 2. The summed E-state index contributed by atoms with van der Waals surface area (Å²) in [6.45, 7) is 6.26. The Kier molecular flexibility index (Phi) is 5.53. The Morgan fingerprint density at radius 1 is 1.20 bits per heavy atom. The average molecular weight is 428 g/mol. The summed E-state index contributed by atoms with van der Waals surface area (Å²) in [5.74, 6) is -0.290. The fraction of sp³-hybridized carbons (Fsp3) is 0.364. The van der Waals surface area contributed by atoms with E-state index in [4.69, 9.17) is 9.47 Å². The lowest BCUT2D eigenvalue weighted by atomic mass is 10.2. The van der Waals surface area contributed by atoms with Gasteiger partial charge < -0.3 is 19.2 Å². The summed E-state index contributed by atoms with van der Waals surface area (Å²) in [6.07, 6.45) is 3.41. The molecule has 1 aliphatic heterocycles. The molecule has 1 aliphatic rings. The molecule has 2 aromatic heterocycles. The summed E-state index contributed by atoms with van der Waals surface area (Å²) in [5.41, 5.74) is 1.21. The lowest BCUT2D eigenvalue weighted by molar-refractivity contribution is -0.127. The summed E-state index contributed by atoms with van der Waals surface area (Å²) in [5, 5.41) is 2.91. The quantitative estimate of drug-likeness (QED) is 0.679. The number of rotatable bonds is 3. The van der Waals surface area contributed by atoms with Gasteiger partial charge in [0.15, 0.2) is 0 Å². The topological polar surface area (TPSA) is 72.3 Å². The number of anilines is 1. The average Bonchev–Trinajstić information content (AvgIpc) is 3.26. The van der Waals surface area contributed by atoms with Gasteiger partial charge in [0.25, 0.3) is 0 Å². The number of amides is 2. The molecule has 0 saturated carbocycles. The third kappa shape index (κ3) is 4.49. The minimum Gasteiger partial charge on any atom is -0.444 e. The molecule has 0 bridgehead atoms. The molecule has 4 rings (SSSR count). The van der Waals surface area contributed by atoms with Crippen molar-refractivity contribution < 1.29 is 19.1 Å². The van der Waals surface area contributed by atoms with E-state index in [-0.39, 0.29) is 12.5 Å². The maximum absolute atomic E-state index is 12.9. The van der Waals surface area contributed by atoms with Gasteiger partial charge in [0.1, 0.15) is 16.5 Å². The molecule has 0 radical (unpaired) electrons. The van der Waals surface area contributed by atoms with Gasteiger partial charge in [0.05, 0.1) is 23.8 Å². The van der Waals surface area contributed by atoms with Gasteiger partial charge in [0, 0.05) is 18.9 Å². The monoisotopic (exact) mass is 427 g/mol. The van der Waals surface area contributed by atoms with Crippen LogP contribution in [0.1, 0.15) is 20.8 Å². The van der Waals surface area contributed by atoms with Gasteiger partial charge in [-0.2, -0.15) is 0 Å². The molecule has 3 aromatic rings. The number of nitrogens with zero attached hydrogens (tertiary/aromatic N) is 2. The van der Waals surface area contributed by atoms with Crippen LogP contribution in [0, 0.1) is 0 Å². The fourth-order valence-electron chi connectivity index (χ4n) is 3.30. The van der Waals surface area contributed by atoms with E-state index < -0.39 is 17.7 Å². The van der Waals surface area contributed by atoms with Crippen molar-refractivity contribution in [3.8, 4) is 10.4 Å². The van der Waals surface area contributed by atoms with E-state index in [0.717, 1.165) is 15.3 Å². The highest BCUT2D eigenvalue weighted by Gasteiger charge is 2.35. The Bertz CT molecular complexity index is 1020. The van der Waals surface area contributed by atoms with Crippen LogP contribution in [-0.2, 0) is 14.3 Å². The normalized spacial score (nSPS) is 17.2. The van der Waals surface area contributed by atoms with Gasteiger partial charge >= 0.3 is 6.09 Å². The van der Waals surface area contributed by atoms with Crippen molar-refractivity contribution >= 4 is 33.9 Å². The summed E-state index contributed by atoms with van der Waals surface area (Å²) >= 11 is 1.65. The Balaban J connectivity index is 1.47. The lowest BCUT2D eigenvalue weighted by Crippen LogP contribution is -2.55. The number of hydrogen-bond donors (Lipinski definition) is 1. The molecule has 2 amide bonds. The first kappa shape index (κ1) is 20.4. The molecule has 1 fully saturated rings. The second-order valence-corrected chi connectivity index (χ2v) is 9.25. The van der Waals surface area contributed by atoms with Crippen LogP contribution in [0.5, 0.6) is 0 Å². The number of carbonyl (C=O) groups excluding carboxylic acids is 2. The van der Waals surface area contributed by atoms with Crippen molar-refractivity contribution in [1.82, 2.24) is 9.30 Å². The van der Waals surface area contributed by atoms with Gasteiger partial charge in [-0.25, -0.2) is 4.79 Å². The van der Waals surface area contributed by atoms with Crippen LogP contribution < -0.4 is 5.32 Å². The standard InChI is InChI=1S/C22H25N3O4S/c1-22(2,3)29-21(27)25-9-10-28-14-17(25)20(26)23-16-11-19-24(12-16)13-18(30-19)15-7-5-4-6-8-15/h4-8,11-13,17H,9-10,14H2,1-3H3,(H,23,26)/t17-/m0/s1. The van der Waals surface area contributed by atoms with Crippen molar-refractivity contribution in [1.29, 1.82) is 0 Å². The first-order chi connectivity index (χ1) is 14.3. The van der Waals surface area contributed by atoms with Crippen LogP contribution in [0.2, 0.25) is 0 Å². The predicted molar refractivity (Wildman–Crippen MR) is 117 cm³/mol. The lowest BCUT2D eigenvalue weighted by Gasteiger charge is -2.35. The van der Waals surface area contributed by atoms with Crippen LogP contribution in [0.15, 0.2) is 48.8 Å². The fourth-order valence-corrected chi connectivity index (χ4v) is 4.34. The zero-order chi connectivity index (χ0) is 21.3. The highest BCUT2D eigenvalue weighted by atomic mass is 32.1. The van der Waals surface area contributed by atoms with Crippen molar-refractivity contribution in [2.75, 3.05) is 25.1 Å². The van der Waals surface area contributed by atoms with Gasteiger partial charge in [-0.1, -0.05) is 30.3 Å². The van der Waals surface area contributed by atoms with Crippen LogP contribution in [-0.4, -0.2) is 52.7 Å². The molecule has 7 nitrogen and oxygen atoms in total. The van der Waals surface area contributed by atoms with Crippen LogP contribution >= 0.6 is 11.3 Å². The molecule has 0 unspecified atom stereocenters. The summed E-state index contributed by atoms with van der Waals surface area (Å²) in [6, 6.07) is 11.4. The van der Waals surface area contributed by atoms with Crippen LogP contribution in [0.4, 0.5) is 10.5 Å². The molecule has 8 heteroatoms. The predicted octanol–water partition coefficient (Wildman–Crippen LogP) is 4.24. The van der Waals surface area contributed by atoms with E-state index in [9.17, 15) is 9.59 Å². The van der Waals surface area contributed by atoms with Crippen LogP contribution in [0.3, 0.4) is 0 Å². The van der Waals surface area contributed by atoms with Gasteiger partial charge in [-0.3, -0.25) is 9.69 Å². The molecular formula is C22H25N3O4S. The molecule has 3 heterocycles. The second-order valence-electron chi connectivity index (χ2n) is 8.19. The molecule has 30 heavy (non-hydrogen) atoms. The molecule has 0 aliphatic carbocycles. The zero-order valence-corrected chi connectivity index (χ0v) is 18.1. The molecule has 0 spiro atoms. The van der Waals surface area contributed by atoms with Crippen molar-refractivity contribution in [3.63, 3.8) is 0 Å². The number of ether oxygens (including phenoxy) is 2. The van der Waals surface area contributed by atoms with Crippen molar-refractivity contribution in [2.45, 2.75) is 32.4 Å². The van der Waals surface area contributed by atoms with E-state index in [2.05, 4.69) is 17.4 Å². The van der Waals surface area contributed by atoms with E-state index in [1.54, 1.807) is 32.1 Å². The highest BCUT2D eigenvalue weighted by molar-refractivity contribution is 7.20. The second kappa shape index (κ2) is 8.12. The number of hydrogen-bond acceptors (Lipinski definition) is 5. The SMILES string of the molecule is CC(C)(C)OC(=O)N1CCOC[C@H]1C(=O)Nc1cc2sc(-c3ccccc3)cn2c1. The number of thiazole rings is 1. The van der Waals surface area contributed by atoms with E-state index in [0.29, 0.717) is 18.8 Å². The molecule has 158 valence electrons. The molecule has 1 saturated heterocycles. The Morgan fingerprint density at radius 3 is 2.67 bits per heavy atom. The van der Waals surface area contributed by atoms with Crippen molar-refractivity contribution in [3.05, 3.63) is 48.8 Å². The molecular weight excluding hydrogens is 402 g/mol. The van der Waals surface area contributed by atoms with Crippen molar-refractivity contribution in [2.24, 2.45) is 0 Å². The Hall–Kier alpha value is -2.84. The first-order valence-corrected chi connectivity index (χ1v) is 10.7. The van der Waals surface area contributed by atoms with E-state index in [1.165, 1.54) is 4.90 Å². The van der Waals surface area contributed by atoms with Crippen LogP contribution in [0.25, 0.3) is 15.3 Å². The smallest absolute Gasteiger partial charge is 0.411 e. The summed E-state index contributed by atoms with van der Waals surface area (Å²) in [7, 11) is 0. The minimum absolute atomic E-state index is 0.144. The van der Waals surface area contributed by atoms with Gasteiger partial charge in [-0.15, -0.1) is 11.3 Å². The van der Waals surface area contributed by atoms with Gasteiger partial charge in [0.2, 0.25) is 5.91 Å². The highest BCUT2D eigenvalue weighted by Crippen LogP contribution is 2.31. The summed E-state index contributed by atoms with van der Waals surface area (Å²) < 4.78 is 12.9. The summed E-state index contributed by atoms with van der Waals surface area (Å²) in [4.78, 5) is 29.0.